The number of benzene rings is 2. The van der Waals surface area contributed by atoms with Crippen LogP contribution in [0.3, 0.4) is 0 Å². The summed E-state index contributed by atoms with van der Waals surface area (Å²) < 4.78 is 13.0. The van der Waals surface area contributed by atoms with Crippen LogP contribution >= 0.6 is 0 Å². The first-order valence-electron chi connectivity index (χ1n) is 6.95. The van der Waals surface area contributed by atoms with Crippen molar-refractivity contribution in [1.29, 1.82) is 0 Å². The van der Waals surface area contributed by atoms with Crippen LogP contribution in [0.2, 0.25) is 0 Å². The van der Waals surface area contributed by atoms with Gasteiger partial charge in [0.1, 0.15) is 5.82 Å². The summed E-state index contributed by atoms with van der Waals surface area (Å²) in [4.78, 5) is 12.6. The van der Waals surface area contributed by atoms with E-state index in [1.54, 1.807) is 12.1 Å². The number of carbonyl (C=O) groups is 1. The van der Waals surface area contributed by atoms with Gasteiger partial charge >= 0.3 is 0 Å². The van der Waals surface area contributed by atoms with Crippen LogP contribution in [0.25, 0.3) is 0 Å². The molecule has 0 aliphatic heterocycles. The third-order valence-electron chi connectivity index (χ3n) is 3.77. The predicted molar refractivity (Wildman–Crippen MR) is 84.0 cm³/mol. The topological polar surface area (TPSA) is 29.1 Å². The molecule has 2 aromatic rings. The zero-order chi connectivity index (χ0) is 15.6. The molecule has 0 aliphatic rings. The molecule has 0 unspecified atom stereocenters. The molecule has 1 N–H and O–H groups in total. The van der Waals surface area contributed by atoms with Gasteiger partial charge in [-0.1, -0.05) is 24.3 Å². The molecule has 110 valence electrons. The summed E-state index contributed by atoms with van der Waals surface area (Å²) >= 11 is 0. The highest BCUT2D eigenvalue weighted by Crippen LogP contribution is 2.26. The Hall–Kier alpha value is -2.16. The zero-order valence-electron chi connectivity index (χ0n) is 12.8. The molecule has 21 heavy (non-hydrogen) atoms. The van der Waals surface area contributed by atoms with Crippen LogP contribution in [0.5, 0.6) is 0 Å². The summed E-state index contributed by atoms with van der Waals surface area (Å²) in [5.74, 6) is -0.410. The fraction of sp³-hybridized carbons (Fsp3) is 0.278. The van der Waals surface area contributed by atoms with Crippen molar-refractivity contribution in [3.63, 3.8) is 0 Å². The van der Waals surface area contributed by atoms with Gasteiger partial charge in [-0.15, -0.1) is 0 Å². The molecule has 0 saturated heterocycles. The second kappa shape index (κ2) is 5.68. The second-order valence-electron chi connectivity index (χ2n) is 5.90. The molecule has 2 aromatic carbocycles. The fourth-order valence-corrected chi connectivity index (χ4v) is 2.15. The quantitative estimate of drug-likeness (QED) is 0.892. The molecule has 0 aliphatic carbocycles. The Labute approximate surface area is 125 Å². The Morgan fingerprint density at radius 2 is 1.67 bits per heavy atom. The van der Waals surface area contributed by atoms with E-state index in [-0.39, 0.29) is 11.7 Å². The smallest absolute Gasteiger partial charge is 0.234 e. The largest absolute Gasteiger partial charge is 0.325 e. The number of nitrogens with one attached hydrogen (secondary N) is 1. The SMILES string of the molecule is Cc1ccc(C)c(NC(=O)C(C)(C)c2ccc(F)cc2)c1. The van der Waals surface area contributed by atoms with Crippen molar-refractivity contribution in [2.24, 2.45) is 0 Å². The molecule has 0 saturated carbocycles. The minimum atomic E-state index is -0.732. The normalized spacial score (nSPS) is 11.3. The molecule has 2 rings (SSSR count). The van der Waals surface area contributed by atoms with E-state index >= 15 is 0 Å². The number of anilines is 1. The summed E-state index contributed by atoms with van der Waals surface area (Å²) in [7, 11) is 0. The maximum atomic E-state index is 13.0. The first-order chi connectivity index (χ1) is 9.80. The molecule has 1 amide bonds. The lowest BCUT2D eigenvalue weighted by Gasteiger charge is -2.25. The van der Waals surface area contributed by atoms with Crippen LogP contribution in [0.15, 0.2) is 42.5 Å². The van der Waals surface area contributed by atoms with Crippen molar-refractivity contribution >= 4 is 11.6 Å². The van der Waals surface area contributed by atoms with E-state index in [2.05, 4.69) is 5.32 Å². The lowest BCUT2D eigenvalue weighted by atomic mass is 9.83. The first kappa shape index (κ1) is 15.2. The van der Waals surface area contributed by atoms with Crippen molar-refractivity contribution in [3.8, 4) is 0 Å². The summed E-state index contributed by atoms with van der Waals surface area (Å²) in [5, 5.41) is 2.97. The fourth-order valence-electron chi connectivity index (χ4n) is 2.15. The summed E-state index contributed by atoms with van der Waals surface area (Å²) in [5.41, 5.74) is 2.98. The second-order valence-corrected chi connectivity index (χ2v) is 5.90. The van der Waals surface area contributed by atoms with Gasteiger partial charge < -0.3 is 5.32 Å². The van der Waals surface area contributed by atoms with Gasteiger partial charge in [-0.3, -0.25) is 4.79 Å². The molecule has 0 spiro atoms. The van der Waals surface area contributed by atoms with Gasteiger partial charge in [0.25, 0.3) is 0 Å². The Morgan fingerprint density at radius 1 is 1.05 bits per heavy atom. The molecule has 0 aromatic heterocycles. The van der Waals surface area contributed by atoms with Gasteiger partial charge in [-0.2, -0.15) is 0 Å². The third kappa shape index (κ3) is 3.30. The van der Waals surface area contributed by atoms with E-state index in [1.807, 2.05) is 45.9 Å². The van der Waals surface area contributed by atoms with E-state index in [0.717, 1.165) is 22.4 Å². The number of hydrogen-bond donors (Lipinski definition) is 1. The van der Waals surface area contributed by atoms with Gasteiger partial charge in [-0.05, 0) is 62.6 Å². The van der Waals surface area contributed by atoms with E-state index in [9.17, 15) is 9.18 Å². The highest BCUT2D eigenvalue weighted by Gasteiger charge is 2.30. The summed E-state index contributed by atoms with van der Waals surface area (Å²) in [6, 6.07) is 12.0. The maximum Gasteiger partial charge on any atom is 0.234 e. The van der Waals surface area contributed by atoms with Gasteiger partial charge in [-0.25, -0.2) is 4.39 Å². The number of aryl methyl sites for hydroxylation is 2. The minimum Gasteiger partial charge on any atom is -0.325 e. The Balaban J connectivity index is 2.26. The van der Waals surface area contributed by atoms with Crippen LogP contribution in [-0.2, 0) is 10.2 Å². The van der Waals surface area contributed by atoms with E-state index in [1.165, 1.54) is 12.1 Å². The molecule has 0 atom stereocenters. The van der Waals surface area contributed by atoms with E-state index in [4.69, 9.17) is 0 Å². The molecule has 0 radical (unpaired) electrons. The first-order valence-corrected chi connectivity index (χ1v) is 6.95. The van der Waals surface area contributed by atoms with Gasteiger partial charge in [0.15, 0.2) is 0 Å². The van der Waals surface area contributed by atoms with Crippen LogP contribution < -0.4 is 5.32 Å². The minimum absolute atomic E-state index is 0.109. The molecule has 2 nitrogen and oxygen atoms in total. The zero-order valence-corrected chi connectivity index (χ0v) is 12.8. The lowest BCUT2D eigenvalue weighted by Crippen LogP contribution is -2.35. The lowest BCUT2D eigenvalue weighted by molar-refractivity contribution is -0.120. The predicted octanol–water partition coefficient (Wildman–Crippen LogP) is 4.36. The average molecular weight is 285 g/mol. The number of halogens is 1. The van der Waals surface area contributed by atoms with E-state index < -0.39 is 5.41 Å². The van der Waals surface area contributed by atoms with Crippen LogP contribution in [0, 0.1) is 19.7 Å². The molecule has 0 bridgehead atoms. The summed E-state index contributed by atoms with van der Waals surface area (Å²) in [6.45, 7) is 7.61. The maximum absolute atomic E-state index is 13.0. The van der Waals surface area contributed by atoms with E-state index in [0.29, 0.717) is 0 Å². The standard InChI is InChI=1S/C18H20FNO/c1-12-5-6-13(2)16(11-12)20-17(21)18(3,4)14-7-9-15(19)10-8-14/h5-11H,1-4H3,(H,20,21). The summed E-state index contributed by atoms with van der Waals surface area (Å²) in [6.07, 6.45) is 0. The van der Waals surface area contributed by atoms with Crippen molar-refractivity contribution in [2.45, 2.75) is 33.1 Å². The number of hydrogen-bond acceptors (Lipinski definition) is 1. The monoisotopic (exact) mass is 285 g/mol. The Kier molecular flexibility index (Phi) is 4.12. The molecule has 0 fully saturated rings. The number of rotatable bonds is 3. The highest BCUT2D eigenvalue weighted by molar-refractivity contribution is 5.99. The van der Waals surface area contributed by atoms with Gasteiger partial charge in [0, 0.05) is 5.69 Å². The molecule has 3 heteroatoms. The van der Waals surface area contributed by atoms with Crippen molar-refractivity contribution in [3.05, 3.63) is 65.0 Å². The van der Waals surface area contributed by atoms with Crippen LogP contribution in [0.1, 0.15) is 30.5 Å². The van der Waals surface area contributed by atoms with Crippen molar-refractivity contribution in [1.82, 2.24) is 0 Å². The van der Waals surface area contributed by atoms with Crippen LogP contribution in [0.4, 0.5) is 10.1 Å². The van der Waals surface area contributed by atoms with Gasteiger partial charge in [0.05, 0.1) is 5.41 Å². The van der Waals surface area contributed by atoms with Crippen LogP contribution in [-0.4, -0.2) is 5.91 Å². The molecule has 0 heterocycles. The average Bonchev–Trinajstić information content (AvgIpc) is 2.43. The number of carbonyl (C=O) groups excluding carboxylic acids is 1. The molecular formula is C18H20FNO. The third-order valence-corrected chi connectivity index (χ3v) is 3.77. The Bertz CT molecular complexity index is 659. The van der Waals surface area contributed by atoms with Crippen molar-refractivity contribution in [2.75, 3.05) is 5.32 Å². The molecular weight excluding hydrogens is 265 g/mol. The highest BCUT2D eigenvalue weighted by atomic mass is 19.1. The van der Waals surface area contributed by atoms with Gasteiger partial charge in [0.2, 0.25) is 5.91 Å². The number of amides is 1. The van der Waals surface area contributed by atoms with Crippen molar-refractivity contribution < 1.29 is 9.18 Å². The Morgan fingerprint density at radius 3 is 2.29 bits per heavy atom.